The van der Waals surface area contributed by atoms with Crippen molar-refractivity contribution in [3.05, 3.63) is 29.0 Å². The molecule has 0 aromatic carbocycles. The highest BCUT2D eigenvalue weighted by molar-refractivity contribution is 6.29. The van der Waals surface area contributed by atoms with Crippen molar-refractivity contribution in [2.24, 2.45) is 0 Å². The monoisotopic (exact) mass is 250 g/mol. The zero-order chi connectivity index (χ0) is 12.1. The minimum atomic E-state index is -2.90. The summed E-state index contributed by atoms with van der Waals surface area (Å²) in [4.78, 5) is 15.0. The molecular formula is C9H9ClF2N2O2. The molecule has 1 aromatic rings. The van der Waals surface area contributed by atoms with E-state index >= 15 is 0 Å². The lowest BCUT2D eigenvalue weighted by molar-refractivity contribution is -0.00272. The van der Waals surface area contributed by atoms with Crippen LogP contribution in [0.5, 0.6) is 0 Å². The molecule has 1 amide bonds. The van der Waals surface area contributed by atoms with Crippen LogP contribution < -0.4 is 5.32 Å². The molecule has 0 bridgehead atoms. The molecular weight excluding hydrogens is 242 g/mol. The minimum absolute atomic E-state index is 0.00830. The second kappa shape index (κ2) is 5.72. The number of rotatable bonds is 4. The van der Waals surface area contributed by atoms with Crippen LogP contribution in [0.4, 0.5) is 8.78 Å². The summed E-state index contributed by atoms with van der Waals surface area (Å²) in [5, 5.41) is 11.0. The van der Waals surface area contributed by atoms with E-state index in [2.05, 4.69) is 10.3 Å². The fraction of sp³-hybridized carbons (Fsp3) is 0.333. The summed E-state index contributed by atoms with van der Waals surface area (Å²) in [7, 11) is 0. The molecule has 1 heterocycles. The van der Waals surface area contributed by atoms with E-state index in [-0.39, 0.29) is 10.8 Å². The number of pyridine rings is 1. The van der Waals surface area contributed by atoms with Gasteiger partial charge in [-0.1, -0.05) is 17.7 Å². The summed E-state index contributed by atoms with van der Waals surface area (Å²) >= 11 is 5.54. The van der Waals surface area contributed by atoms with Crippen LogP contribution in [0.15, 0.2) is 18.2 Å². The van der Waals surface area contributed by atoms with Gasteiger partial charge in [0.25, 0.3) is 12.3 Å². The van der Waals surface area contributed by atoms with Crippen LogP contribution in [0.3, 0.4) is 0 Å². The molecule has 0 aliphatic heterocycles. The molecule has 0 saturated carbocycles. The lowest BCUT2D eigenvalue weighted by Gasteiger charge is -2.10. The van der Waals surface area contributed by atoms with Gasteiger partial charge in [0.15, 0.2) is 0 Å². The third-order valence-electron chi connectivity index (χ3n) is 1.71. The van der Waals surface area contributed by atoms with Crippen LogP contribution in [0.2, 0.25) is 5.15 Å². The average molecular weight is 251 g/mol. The number of nitrogens with one attached hydrogen (secondary N) is 1. The van der Waals surface area contributed by atoms with Gasteiger partial charge in [-0.3, -0.25) is 4.79 Å². The van der Waals surface area contributed by atoms with Crippen molar-refractivity contribution < 1.29 is 18.7 Å². The number of alkyl halides is 2. The molecule has 0 radical (unpaired) electrons. The van der Waals surface area contributed by atoms with Crippen LogP contribution in [0, 0.1) is 0 Å². The summed E-state index contributed by atoms with van der Waals surface area (Å²) in [5.41, 5.74) is 0.00830. The second-order valence-electron chi connectivity index (χ2n) is 2.96. The van der Waals surface area contributed by atoms with Gasteiger partial charge in [0.1, 0.15) is 17.0 Å². The number of amides is 1. The first-order valence-electron chi connectivity index (χ1n) is 4.37. The summed E-state index contributed by atoms with van der Waals surface area (Å²) in [6.07, 6.45) is -4.78. The van der Waals surface area contributed by atoms with Crippen molar-refractivity contribution in [1.82, 2.24) is 10.3 Å². The second-order valence-corrected chi connectivity index (χ2v) is 3.34. The smallest absolute Gasteiger partial charge is 0.270 e. The van der Waals surface area contributed by atoms with E-state index < -0.39 is 25.0 Å². The molecule has 88 valence electrons. The van der Waals surface area contributed by atoms with Gasteiger partial charge < -0.3 is 10.4 Å². The van der Waals surface area contributed by atoms with E-state index in [4.69, 9.17) is 16.7 Å². The van der Waals surface area contributed by atoms with Crippen LogP contribution >= 0.6 is 11.6 Å². The number of carbonyl (C=O) groups excluding carboxylic acids is 1. The van der Waals surface area contributed by atoms with E-state index in [1.165, 1.54) is 18.2 Å². The molecule has 1 atom stereocenters. The van der Waals surface area contributed by atoms with Crippen molar-refractivity contribution in [1.29, 1.82) is 0 Å². The van der Waals surface area contributed by atoms with Crippen LogP contribution in [-0.2, 0) is 0 Å². The number of aliphatic hydroxyl groups excluding tert-OH is 1. The number of hydrogen-bond donors (Lipinski definition) is 2. The molecule has 0 fully saturated rings. The van der Waals surface area contributed by atoms with E-state index in [9.17, 15) is 13.6 Å². The Bertz CT molecular complexity index is 376. The highest BCUT2D eigenvalue weighted by Gasteiger charge is 2.18. The Morgan fingerprint density at radius 1 is 1.56 bits per heavy atom. The van der Waals surface area contributed by atoms with E-state index in [0.29, 0.717) is 0 Å². The standard InChI is InChI=1S/C9H9ClF2N2O2/c10-7-3-1-2-5(14-7)9(16)13-4-6(15)8(11)12/h1-3,6,8,15H,4H2,(H,13,16). The minimum Gasteiger partial charge on any atom is -0.385 e. The van der Waals surface area contributed by atoms with Crippen molar-refractivity contribution in [3.63, 3.8) is 0 Å². The van der Waals surface area contributed by atoms with Crippen LogP contribution in [-0.4, -0.2) is 35.1 Å². The summed E-state index contributed by atoms with van der Waals surface area (Å²) in [6, 6.07) is 4.37. The molecule has 2 N–H and O–H groups in total. The molecule has 0 spiro atoms. The highest BCUT2D eigenvalue weighted by atomic mass is 35.5. The van der Waals surface area contributed by atoms with Crippen LogP contribution in [0.25, 0.3) is 0 Å². The van der Waals surface area contributed by atoms with Gasteiger partial charge in [0.2, 0.25) is 0 Å². The quantitative estimate of drug-likeness (QED) is 0.787. The molecule has 0 saturated heterocycles. The molecule has 1 aromatic heterocycles. The normalized spacial score (nSPS) is 12.6. The Kier molecular flexibility index (Phi) is 4.57. The van der Waals surface area contributed by atoms with E-state index in [0.717, 1.165) is 0 Å². The Morgan fingerprint density at radius 3 is 2.81 bits per heavy atom. The molecule has 1 rings (SSSR count). The SMILES string of the molecule is O=C(NCC(O)C(F)F)c1cccc(Cl)n1. The molecule has 16 heavy (non-hydrogen) atoms. The number of halogens is 3. The molecule has 1 unspecified atom stereocenters. The Hall–Kier alpha value is -1.27. The van der Waals surface area contributed by atoms with Crippen molar-refractivity contribution in [2.75, 3.05) is 6.54 Å². The molecule has 0 aliphatic carbocycles. The third kappa shape index (κ3) is 3.71. The molecule has 0 aliphatic rings. The summed E-state index contributed by atoms with van der Waals surface area (Å²) < 4.78 is 23.8. The summed E-state index contributed by atoms with van der Waals surface area (Å²) in [6.45, 7) is -0.537. The Labute approximate surface area is 95.3 Å². The number of hydrogen-bond acceptors (Lipinski definition) is 3. The van der Waals surface area contributed by atoms with E-state index in [1.54, 1.807) is 0 Å². The summed E-state index contributed by atoms with van der Waals surface area (Å²) in [5.74, 6) is -0.665. The largest absolute Gasteiger partial charge is 0.385 e. The maximum Gasteiger partial charge on any atom is 0.270 e. The predicted octanol–water partition coefficient (Wildman–Crippen LogP) is 1.09. The maximum absolute atomic E-state index is 11.9. The Morgan fingerprint density at radius 2 is 2.25 bits per heavy atom. The average Bonchev–Trinajstić information content (AvgIpc) is 2.25. The van der Waals surface area contributed by atoms with Gasteiger partial charge in [0, 0.05) is 6.54 Å². The molecule has 4 nitrogen and oxygen atoms in total. The first-order chi connectivity index (χ1) is 7.50. The number of aliphatic hydroxyl groups is 1. The number of carbonyl (C=O) groups is 1. The molecule has 7 heteroatoms. The fourth-order valence-corrected chi connectivity index (χ4v) is 1.08. The van der Waals surface area contributed by atoms with Gasteiger partial charge in [-0.2, -0.15) is 0 Å². The van der Waals surface area contributed by atoms with Gasteiger partial charge >= 0.3 is 0 Å². The van der Waals surface area contributed by atoms with Crippen molar-refractivity contribution >= 4 is 17.5 Å². The Balaban J connectivity index is 2.53. The highest BCUT2D eigenvalue weighted by Crippen LogP contribution is 2.05. The topological polar surface area (TPSA) is 62.2 Å². The third-order valence-corrected chi connectivity index (χ3v) is 1.92. The number of aromatic nitrogens is 1. The van der Waals surface area contributed by atoms with Crippen molar-refractivity contribution in [3.8, 4) is 0 Å². The van der Waals surface area contributed by atoms with Crippen LogP contribution in [0.1, 0.15) is 10.5 Å². The lowest BCUT2D eigenvalue weighted by atomic mass is 10.3. The zero-order valence-corrected chi connectivity index (χ0v) is 8.79. The fourth-order valence-electron chi connectivity index (χ4n) is 0.912. The van der Waals surface area contributed by atoms with E-state index in [1.807, 2.05) is 0 Å². The van der Waals surface area contributed by atoms with Gasteiger partial charge in [0.05, 0.1) is 0 Å². The number of nitrogens with zero attached hydrogens (tertiary/aromatic N) is 1. The predicted molar refractivity (Wildman–Crippen MR) is 53.6 cm³/mol. The van der Waals surface area contributed by atoms with Gasteiger partial charge in [-0.05, 0) is 12.1 Å². The first kappa shape index (κ1) is 12.8. The zero-order valence-electron chi connectivity index (χ0n) is 8.03. The van der Waals surface area contributed by atoms with Gasteiger partial charge in [-0.25, -0.2) is 13.8 Å². The maximum atomic E-state index is 11.9. The lowest BCUT2D eigenvalue weighted by Crippen LogP contribution is -2.36. The van der Waals surface area contributed by atoms with Gasteiger partial charge in [-0.15, -0.1) is 0 Å². The first-order valence-corrected chi connectivity index (χ1v) is 4.75. The van der Waals surface area contributed by atoms with Crippen molar-refractivity contribution in [2.45, 2.75) is 12.5 Å².